The molecule has 0 saturated carbocycles. The highest BCUT2D eigenvalue weighted by Crippen LogP contribution is 2.18. The fraction of sp³-hybridized carbons (Fsp3) is 1.00. The van der Waals surface area contributed by atoms with Crippen molar-refractivity contribution in [3.8, 4) is 0 Å². The second-order valence-corrected chi connectivity index (χ2v) is 2.21. The molecule has 0 aromatic heterocycles. The van der Waals surface area contributed by atoms with Crippen molar-refractivity contribution in [3.05, 3.63) is 0 Å². The van der Waals surface area contributed by atoms with Crippen LogP contribution in [0.15, 0.2) is 0 Å². The van der Waals surface area contributed by atoms with Crippen molar-refractivity contribution in [3.63, 3.8) is 0 Å². The maximum Gasteiger partial charge on any atom is 0.696 e. The molecule has 62 valence electrons. The SMILES string of the molecule is CO[P+](=O)OC.OCCO. The van der Waals surface area contributed by atoms with E-state index in [2.05, 4.69) is 9.05 Å². The molecule has 0 aliphatic heterocycles. The van der Waals surface area contributed by atoms with Crippen LogP contribution < -0.4 is 0 Å². The maximum atomic E-state index is 9.88. The molecule has 0 aromatic carbocycles. The minimum atomic E-state index is -1.83. The van der Waals surface area contributed by atoms with Crippen molar-refractivity contribution >= 4 is 8.25 Å². The highest BCUT2D eigenvalue weighted by molar-refractivity contribution is 7.33. The highest BCUT2D eigenvalue weighted by atomic mass is 31.1. The molecule has 0 fully saturated rings. The molecular formula is C4H12O5P+. The van der Waals surface area contributed by atoms with E-state index in [-0.39, 0.29) is 13.2 Å². The molecule has 0 atom stereocenters. The molecule has 0 rings (SSSR count). The predicted molar refractivity (Wildman–Crippen MR) is 35.8 cm³/mol. The molecular weight excluding hydrogens is 159 g/mol. The molecule has 10 heavy (non-hydrogen) atoms. The first-order chi connectivity index (χ1) is 4.72. The van der Waals surface area contributed by atoms with Gasteiger partial charge in [-0.2, -0.15) is 0 Å². The van der Waals surface area contributed by atoms with E-state index < -0.39 is 8.25 Å². The van der Waals surface area contributed by atoms with Gasteiger partial charge in [0, 0.05) is 4.57 Å². The van der Waals surface area contributed by atoms with Crippen LogP contribution in [0.1, 0.15) is 0 Å². The van der Waals surface area contributed by atoms with Gasteiger partial charge >= 0.3 is 8.25 Å². The molecule has 0 heterocycles. The van der Waals surface area contributed by atoms with E-state index in [0.29, 0.717) is 0 Å². The van der Waals surface area contributed by atoms with E-state index in [1.807, 2.05) is 0 Å². The molecule has 0 aliphatic carbocycles. The topological polar surface area (TPSA) is 76.0 Å². The maximum absolute atomic E-state index is 9.88. The molecule has 2 N–H and O–H groups in total. The van der Waals surface area contributed by atoms with Crippen molar-refractivity contribution in [1.82, 2.24) is 0 Å². The standard InChI is InChI=1S/C2H6O3P.C2H6O2/c1-4-6(3)5-2;3-1-2-4/h1-2H3;3-4H,1-2H2/q+1;. The van der Waals surface area contributed by atoms with Gasteiger partial charge in [-0.3, -0.25) is 0 Å². The summed E-state index contributed by atoms with van der Waals surface area (Å²) >= 11 is 0. The van der Waals surface area contributed by atoms with Crippen LogP contribution >= 0.6 is 8.25 Å². The molecule has 0 radical (unpaired) electrons. The van der Waals surface area contributed by atoms with Crippen molar-refractivity contribution in [1.29, 1.82) is 0 Å². The first-order valence-corrected chi connectivity index (χ1v) is 3.59. The summed E-state index contributed by atoms with van der Waals surface area (Å²) in [5.41, 5.74) is 0. The molecule has 0 unspecified atom stereocenters. The number of aliphatic hydroxyl groups is 2. The molecule has 0 amide bonds. The summed E-state index contributed by atoms with van der Waals surface area (Å²) in [7, 11) is 0.817. The summed E-state index contributed by atoms with van der Waals surface area (Å²) < 4.78 is 18.3. The average molecular weight is 171 g/mol. The van der Waals surface area contributed by atoms with E-state index in [4.69, 9.17) is 10.2 Å². The summed E-state index contributed by atoms with van der Waals surface area (Å²) in [5, 5.41) is 15.2. The molecule has 0 aromatic rings. The molecule has 6 heteroatoms. The van der Waals surface area contributed by atoms with Gasteiger partial charge < -0.3 is 10.2 Å². The molecule has 0 saturated heterocycles. The van der Waals surface area contributed by atoms with Gasteiger partial charge in [0.15, 0.2) is 0 Å². The second-order valence-electron chi connectivity index (χ2n) is 1.04. The van der Waals surface area contributed by atoms with E-state index in [1.165, 1.54) is 14.2 Å². The number of rotatable bonds is 3. The summed E-state index contributed by atoms with van der Waals surface area (Å²) in [4.78, 5) is 0. The Kier molecular flexibility index (Phi) is 14.7. The number of hydrogen-bond donors (Lipinski definition) is 2. The Morgan fingerprint density at radius 1 is 1.20 bits per heavy atom. The zero-order chi connectivity index (χ0) is 8.41. The fourth-order valence-corrected chi connectivity index (χ4v) is 0.224. The van der Waals surface area contributed by atoms with Gasteiger partial charge in [-0.15, -0.1) is 9.05 Å². The van der Waals surface area contributed by atoms with Crippen LogP contribution in [0.25, 0.3) is 0 Å². The Labute approximate surface area is 60.5 Å². The van der Waals surface area contributed by atoms with Crippen molar-refractivity contribution < 1.29 is 23.8 Å². The second kappa shape index (κ2) is 11.7. The van der Waals surface area contributed by atoms with Crippen molar-refractivity contribution in [2.45, 2.75) is 0 Å². The van der Waals surface area contributed by atoms with Gasteiger partial charge in [-0.05, 0) is 0 Å². The molecule has 0 bridgehead atoms. The summed E-state index contributed by atoms with van der Waals surface area (Å²) in [5.74, 6) is 0. The minimum Gasteiger partial charge on any atom is -0.394 e. The smallest absolute Gasteiger partial charge is 0.394 e. The quantitative estimate of drug-likeness (QED) is 0.580. The first kappa shape index (κ1) is 12.6. The summed E-state index contributed by atoms with van der Waals surface area (Å²) in [6.07, 6.45) is 0. The largest absolute Gasteiger partial charge is 0.696 e. The Balaban J connectivity index is 0. The summed E-state index contributed by atoms with van der Waals surface area (Å²) in [6.45, 7) is -0.250. The number of aliphatic hydroxyl groups excluding tert-OH is 2. The van der Waals surface area contributed by atoms with Crippen LogP contribution in [-0.4, -0.2) is 37.6 Å². The van der Waals surface area contributed by atoms with Gasteiger partial charge in [0.05, 0.1) is 27.4 Å². The lowest BCUT2D eigenvalue weighted by Gasteiger charge is -1.70. The van der Waals surface area contributed by atoms with Crippen LogP contribution in [0.2, 0.25) is 0 Å². The van der Waals surface area contributed by atoms with Gasteiger partial charge in [-0.25, -0.2) is 0 Å². The predicted octanol–water partition coefficient (Wildman–Crippen LogP) is -0.0924. The third kappa shape index (κ3) is 15.7. The Morgan fingerprint density at radius 2 is 1.50 bits per heavy atom. The van der Waals surface area contributed by atoms with Gasteiger partial charge in [0.1, 0.15) is 0 Å². The van der Waals surface area contributed by atoms with E-state index in [1.54, 1.807) is 0 Å². The Hall–Kier alpha value is -0.0600. The molecule has 0 spiro atoms. The Bertz CT molecular complexity index is 68.0. The zero-order valence-corrected chi connectivity index (χ0v) is 6.88. The molecule has 5 nitrogen and oxygen atoms in total. The van der Waals surface area contributed by atoms with Crippen molar-refractivity contribution in [2.24, 2.45) is 0 Å². The highest BCUT2D eigenvalue weighted by Gasteiger charge is 2.10. The van der Waals surface area contributed by atoms with E-state index in [9.17, 15) is 4.57 Å². The van der Waals surface area contributed by atoms with Gasteiger partial charge in [0.2, 0.25) is 0 Å². The van der Waals surface area contributed by atoms with Crippen LogP contribution in [0.5, 0.6) is 0 Å². The normalized spacial score (nSPS) is 8.00. The van der Waals surface area contributed by atoms with Crippen LogP contribution in [0.4, 0.5) is 0 Å². The van der Waals surface area contributed by atoms with Gasteiger partial charge in [-0.1, -0.05) is 0 Å². The number of hydrogen-bond acceptors (Lipinski definition) is 5. The van der Waals surface area contributed by atoms with Gasteiger partial charge in [0.25, 0.3) is 0 Å². The third-order valence-electron chi connectivity index (χ3n) is 0.398. The third-order valence-corrected chi connectivity index (χ3v) is 0.994. The monoisotopic (exact) mass is 171 g/mol. The lowest BCUT2D eigenvalue weighted by molar-refractivity contribution is 0.186. The minimum absolute atomic E-state index is 0.125. The fourth-order valence-electron chi connectivity index (χ4n) is 0.0745. The summed E-state index contributed by atoms with van der Waals surface area (Å²) in [6, 6.07) is 0. The lowest BCUT2D eigenvalue weighted by Crippen LogP contribution is -1.85. The van der Waals surface area contributed by atoms with E-state index in [0.717, 1.165) is 0 Å². The first-order valence-electron chi connectivity index (χ1n) is 2.50. The average Bonchev–Trinajstić information content (AvgIpc) is 2.03. The van der Waals surface area contributed by atoms with Crippen molar-refractivity contribution in [2.75, 3.05) is 27.4 Å². The zero-order valence-electron chi connectivity index (χ0n) is 5.98. The molecule has 0 aliphatic rings. The lowest BCUT2D eigenvalue weighted by atomic mass is 10.8. The van der Waals surface area contributed by atoms with Crippen LogP contribution in [0.3, 0.4) is 0 Å². The van der Waals surface area contributed by atoms with E-state index >= 15 is 0 Å². The van der Waals surface area contributed by atoms with Crippen LogP contribution in [0, 0.1) is 0 Å². The Morgan fingerprint density at radius 3 is 1.50 bits per heavy atom. The van der Waals surface area contributed by atoms with Crippen LogP contribution in [-0.2, 0) is 13.6 Å².